The van der Waals surface area contributed by atoms with E-state index < -0.39 is 0 Å². The summed E-state index contributed by atoms with van der Waals surface area (Å²) in [5, 5.41) is 10.6. The fraction of sp³-hybridized carbons (Fsp3) is 0.714. The Morgan fingerprint density at radius 1 is 1.25 bits per heavy atom. The molecule has 0 bridgehead atoms. The molecule has 1 aromatic heterocycles. The number of aromatic nitrogens is 2. The molecule has 0 saturated carbocycles. The van der Waals surface area contributed by atoms with Gasteiger partial charge in [-0.2, -0.15) is 5.10 Å². The molecule has 0 aromatic carbocycles. The second kappa shape index (κ2) is 5.93. The highest BCUT2D eigenvalue weighted by Gasteiger charge is 2.27. The first-order chi connectivity index (χ1) is 9.75. The third-order valence-electron chi connectivity index (χ3n) is 4.44. The molecule has 6 nitrogen and oxygen atoms in total. The van der Waals surface area contributed by atoms with Crippen LogP contribution in [0.3, 0.4) is 0 Å². The summed E-state index contributed by atoms with van der Waals surface area (Å²) in [6.45, 7) is 5.56. The Labute approximate surface area is 119 Å². The highest BCUT2D eigenvalue weighted by Crippen LogP contribution is 2.27. The minimum atomic E-state index is 0.139. The standard InChI is InChI=1S/C14H23N5O/c1-18-6-8-19(9-7-18)14(20)12-10-16-17-13(12)11-2-4-15-5-3-11/h10-11,15H,2-9H2,1H3,(H,16,17). The molecule has 6 heteroatoms. The molecule has 3 rings (SSSR count). The summed E-state index contributed by atoms with van der Waals surface area (Å²) in [6.07, 6.45) is 3.86. The van der Waals surface area contributed by atoms with Gasteiger partial charge in [0.05, 0.1) is 17.5 Å². The molecule has 20 heavy (non-hydrogen) atoms. The highest BCUT2D eigenvalue weighted by molar-refractivity contribution is 5.95. The number of hydrogen-bond acceptors (Lipinski definition) is 4. The largest absolute Gasteiger partial charge is 0.336 e. The molecule has 0 radical (unpaired) electrons. The minimum absolute atomic E-state index is 0.139. The lowest BCUT2D eigenvalue weighted by Crippen LogP contribution is -2.47. The maximum atomic E-state index is 12.7. The Bertz CT molecular complexity index is 458. The summed E-state index contributed by atoms with van der Waals surface area (Å²) < 4.78 is 0. The number of piperidine rings is 1. The lowest BCUT2D eigenvalue weighted by molar-refractivity contribution is 0.0662. The molecule has 2 saturated heterocycles. The number of amides is 1. The smallest absolute Gasteiger partial charge is 0.257 e. The van der Waals surface area contributed by atoms with E-state index in [-0.39, 0.29) is 5.91 Å². The fourth-order valence-electron chi connectivity index (χ4n) is 3.07. The van der Waals surface area contributed by atoms with E-state index in [4.69, 9.17) is 0 Å². The lowest BCUT2D eigenvalue weighted by Gasteiger charge is -2.32. The number of rotatable bonds is 2. The maximum absolute atomic E-state index is 12.7. The molecule has 0 atom stereocenters. The molecule has 0 unspecified atom stereocenters. The molecule has 2 aliphatic heterocycles. The van der Waals surface area contributed by atoms with Crippen molar-refractivity contribution in [1.29, 1.82) is 0 Å². The van der Waals surface area contributed by atoms with Crippen molar-refractivity contribution < 1.29 is 4.79 Å². The van der Waals surface area contributed by atoms with E-state index >= 15 is 0 Å². The molecule has 2 aliphatic rings. The van der Waals surface area contributed by atoms with Gasteiger partial charge in [0.25, 0.3) is 5.91 Å². The molecule has 0 spiro atoms. The van der Waals surface area contributed by atoms with Crippen LogP contribution in [0.25, 0.3) is 0 Å². The molecule has 2 N–H and O–H groups in total. The number of nitrogens with one attached hydrogen (secondary N) is 2. The van der Waals surface area contributed by atoms with Crippen molar-refractivity contribution in [2.45, 2.75) is 18.8 Å². The van der Waals surface area contributed by atoms with E-state index in [1.807, 2.05) is 4.90 Å². The Morgan fingerprint density at radius 2 is 1.95 bits per heavy atom. The van der Waals surface area contributed by atoms with Crippen LogP contribution in [0, 0.1) is 0 Å². The number of carbonyl (C=O) groups is 1. The zero-order valence-electron chi connectivity index (χ0n) is 12.1. The molecule has 3 heterocycles. The van der Waals surface area contributed by atoms with Gasteiger partial charge in [-0.05, 0) is 33.0 Å². The fourth-order valence-corrected chi connectivity index (χ4v) is 3.07. The Hall–Kier alpha value is -1.40. The van der Waals surface area contributed by atoms with E-state index in [2.05, 4.69) is 27.5 Å². The first kappa shape index (κ1) is 13.6. The predicted molar refractivity (Wildman–Crippen MR) is 76.8 cm³/mol. The van der Waals surface area contributed by atoms with Gasteiger partial charge in [0, 0.05) is 32.1 Å². The Balaban J connectivity index is 1.73. The summed E-state index contributed by atoms with van der Waals surface area (Å²) in [5.74, 6) is 0.575. The number of carbonyl (C=O) groups excluding carboxylic acids is 1. The van der Waals surface area contributed by atoms with E-state index in [9.17, 15) is 4.79 Å². The van der Waals surface area contributed by atoms with Crippen LogP contribution in [0.5, 0.6) is 0 Å². The van der Waals surface area contributed by atoms with Crippen LogP contribution in [0.15, 0.2) is 6.20 Å². The number of H-pyrrole nitrogens is 1. The third-order valence-corrected chi connectivity index (χ3v) is 4.44. The van der Waals surface area contributed by atoms with Gasteiger partial charge in [-0.15, -0.1) is 0 Å². The monoisotopic (exact) mass is 277 g/mol. The molecule has 0 aliphatic carbocycles. The van der Waals surface area contributed by atoms with Gasteiger partial charge in [-0.25, -0.2) is 0 Å². The summed E-state index contributed by atoms with van der Waals surface area (Å²) in [5.41, 5.74) is 1.82. The number of piperazine rings is 1. The molecular formula is C14H23N5O. The van der Waals surface area contributed by atoms with Crippen molar-refractivity contribution in [2.75, 3.05) is 46.3 Å². The topological polar surface area (TPSA) is 64.3 Å². The van der Waals surface area contributed by atoms with Crippen LogP contribution in [0.2, 0.25) is 0 Å². The summed E-state index contributed by atoms with van der Waals surface area (Å²) in [4.78, 5) is 16.9. The average molecular weight is 277 g/mol. The van der Waals surface area contributed by atoms with E-state index in [0.29, 0.717) is 5.92 Å². The zero-order chi connectivity index (χ0) is 13.9. The van der Waals surface area contributed by atoms with Gasteiger partial charge < -0.3 is 15.1 Å². The van der Waals surface area contributed by atoms with Crippen LogP contribution < -0.4 is 5.32 Å². The van der Waals surface area contributed by atoms with Crippen LogP contribution in [-0.4, -0.2) is 72.2 Å². The number of hydrogen-bond donors (Lipinski definition) is 2. The maximum Gasteiger partial charge on any atom is 0.257 e. The predicted octanol–water partition coefficient (Wildman–Crippen LogP) is 0.264. The van der Waals surface area contributed by atoms with Crippen molar-refractivity contribution in [3.05, 3.63) is 17.5 Å². The van der Waals surface area contributed by atoms with E-state index in [1.165, 1.54) is 0 Å². The normalized spacial score (nSPS) is 22.1. The average Bonchev–Trinajstić information content (AvgIpc) is 2.97. The minimum Gasteiger partial charge on any atom is -0.336 e. The van der Waals surface area contributed by atoms with E-state index in [0.717, 1.165) is 63.4 Å². The Morgan fingerprint density at radius 3 is 2.65 bits per heavy atom. The molecular weight excluding hydrogens is 254 g/mol. The van der Waals surface area contributed by atoms with Gasteiger partial charge in [0.15, 0.2) is 0 Å². The Kier molecular flexibility index (Phi) is 4.03. The van der Waals surface area contributed by atoms with Crippen LogP contribution >= 0.6 is 0 Å². The number of nitrogens with zero attached hydrogens (tertiary/aromatic N) is 3. The quantitative estimate of drug-likeness (QED) is 0.814. The van der Waals surface area contributed by atoms with Crippen LogP contribution in [-0.2, 0) is 0 Å². The molecule has 110 valence electrons. The van der Waals surface area contributed by atoms with Gasteiger partial charge >= 0.3 is 0 Å². The van der Waals surface area contributed by atoms with Crippen molar-refractivity contribution in [3.63, 3.8) is 0 Å². The van der Waals surface area contributed by atoms with Crippen LogP contribution in [0.4, 0.5) is 0 Å². The summed E-state index contributed by atoms with van der Waals surface area (Å²) in [6, 6.07) is 0. The van der Waals surface area contributed by atoms with Crippen molar-refractivity contribution in [3.8, 4) is 0 Å². The first-order valence-electron chi connectivity index (χ1n) is 7.47. The molecule has 1 aromatic rings. The molecule has 2 fully saturated rings. The zero-order valence-corrected chi connectivity index (χ0v) is 12.1. The van der Waals surface area contributed by atoms with Gasteiger partial charge in [0.2, 0.25) is 0 Å². The number of likely N-dealkylation sites (N-methyl/N-ethyl adjacent to an activating group) is 1. The summed E-state index contributed by atoms with van der Waals surface area (Å²) >= 11 is 0. The molecule has 1 amide bonds. The lowest BCUT2D eigenvalue weighted by atomic mass is 9.92. The third kappa shape index (κ3) is 2.71. The second-order valence-corrected chi connectivity index (χ2v) is 5.82. The van der Waals surface area contributed by atoms with Gasteiger partial charge in [0.1, 0.15) is 0 Å². The van der Waals surface area contributed by atoms with Crippen LogP contribution in [0.1, 0.15) is 34.8 Å². The second-order valence-electron chi connectivity index (χ2n) is 5.82. The SMILES string of the molecule is CN1CCN(C(=O)c2cn[nH]c2C2CCNCC2)CC1. The van der Waals surface area contributed by atoms with Crippen molar-refractivity contribution in [1.82, 2.24) is 25.3 Å². The summed E-state index contributed by atoms with van der Waals surface area (Å²) in [7, 11) is 2.10. The van der Waals surface area contributed by atoms with Gasteiger partial charge in [-0.1, -0.05) is 0 Å². The van der Waals surface area contributed by atoms with E-state index in [1.54, 1.807) is 6.20 Å². The van der Waals surface area contributed by atoms with Gasteiger partial charge in [-0.3, -0.25) is 9.89 Å². The van der Waals surface area contributed by atoms with Crippen molar-refractivity contribution in [2.24, 2.45) is 0 Å². The highest BCUT2D eigenvalue weighted by atomic mass is 16.2. The first-order valence-corrected chi connectivity index (χ1v) is 7.47. The van der Waals surface area contributed by atoms with Crippen molar-refractivity contribution >= 4 is 5.91 Å². The number of aromatic amines is 1.